The standard InChI is InChI=1S/C15H19N3O3/c1-9(2)15-17-12(16)8-13(18-15)21-14-10(19-3)6-5-7-11(14)20-4/h5-9H,1-4H3,(H2,16,17,18). The molecule has 0 atom stereocenters. The van der Waals surface area contributed by atoms with Crippen molar-refractivity contribution in [2.75, 3.05) is 20.0 Å². The molecule has 1 aromatic heterocycles. The van der Waals surface area contributed by atoms with E-state index in [1.165, 1.54) is 0 Å². The van der Waals surface area contributed by atoms with Gasteiger partial charge < -0.3 is 19.9 Å². The molecule has 0 amide bonds. The zero-order valence-electron chi connectivity index (χ0n) is 12.6. The molecule has 0 radical (unpaired) electrons. The van der Waals surface area contributed by atoms with Crippen LogP contribution in [-0.2, 0) is 0 Å². The van der Waals surface area contributed by atoms with E-state index >= 15 is 0 Å². The number of ether oxygens (including phenoxy) is 3. The van der Waals surface area contributed by atoms with Crippen molar-refractivity contribution in [1.82, 2.24) is 9.97 Å². The third-order valence-electron chi connectivity index (χ3n) is 2.85. The highest BCUT2D eigenvalue weighted by atomic mass is 16.5. The highest BCUT2D eigenvalue weighted by molar-refractivity contribution is 5.53. The summed E-state index contributed by atoms with van der Waals surface area (Å²) in [5.74, 6) is 3.05. The summed E-state index contributed by atoms with van der Waals surface area (Å²) in [5.41, 5.74) is 5.80. The molecule has 112 valence electrons. The monoisotopic (exact) mass is 289 g/mol. The average molecular weight is 289 g/mol. The summed E-state index contributed by atoms with van der Waals surface area (Å²) in [4.78, 5) is 8.54. The molecule has 21 heavy (non-hydrogen) atoms. The largest absolute Gasteiger partial charge is 0.493 e. The second kappa shape index (κ2) is 6.30. The predicted octanol–water partition coefficient (Wildman–Crippen LogP) is 2.99. The molecule has 6 nitrogen and oxygen atoms in total. The van der Waals surface area contributed by atoms with Gasteiger partial charge >= 0.3 is 0 Å². The van der Waals surface area contributed by atoms with Crippen molar-refractivity contribution in [1.29, 1.82) is 0 Å². The second-order valence-corrected chi connectivity index (χ2v) is 4.74. The van der Waals surface area contributed by atoms with Crippen LogP contribution in [0, 0.1) is 0 Å². The number of anilines is 1. The number of nitrogens with zero attached hydrogens (tertiary/aromatic N) is 2. The number of para-hydroxylation sites is 1. The van der Waals surface area contributed by atoms with Crippen LogP contribution in [0.3, 0.4) is 0 Å². The van der Waals surface area contributed by atoms with Crippen LogP contribution in [0.2, 0.25) is 0 Å². The quantitative estimate of drug-likeness (QED) is 0.911. The molecule has 0 aliphatic carbocycles. The van der Waals surface area contributed by atoms with Crippen molar-refractivity contribution in [2.24, 2.45) is 0 Å². The van der Waals surface area contributed by atoms with Crippen molar-refractivity contribution in [3.8, 4) is 23.1 Å². The molecule has 1 aromatic carbocycles. The van der Waals surface area contributed by atoms with E-state index in [2.05, 4.69) is 9.97 Å². The van der Waals surface area contributed by atoms with Gasteiger partial charge in [0.2, 0.25) is 11.6 Å². The fourth-order valence-electron chi connectivity index (χ4n) is 1.79. The summed E-state index contributed by atoms with van der Waals surface area (Å²) >= 11 is 0. The Morgan fingerprint density at radius 1 is 1.05 bits per heavy atom. The molecule has 0 saturated heterocycles. The molecule has 0 spiro atoms. The Bertz CT molecular complexity index is 607. The lowest BCUT2D eigenvalue weighted by molar-refractivity contribution is 0.341. The van der Waals surface area contributed by atoms with Crippen LogP contribution in [-0.4, -0.2) is 24.2 Å². The van der Waals surface area contributed by atoms with Crippen molar-refractivity contribution in [3.63, 3.8) is 0 Å². The smallest absolute Gasteiger partial charge is 0.225 e. The fourth-order valence-corrected chi connectivity index (χ4v) is 1.79. The van der Waals surface area contributed by atoms with Crippen LogP contribution in [0.1, 0.15) is 25.6 Å². The first kappa shape index (κ1) is 14.9. The topological polar surface area (TPSA) is 79.5 Å². The van der Waals surface area contributed by atoms with Crippen molar-refractivity contribution >= 4 is 5.82 Å². The molecule has 0 fully saturated rings. The molecular weight excluding hydrogens is 270 g/mol. The minimum Gasteiger partial charge on any atom is -0.493 e. The normalized spacial score (nSPS) is 10.5. The Kier molecular flexibility index (Phi) is 4.47. The highest BCUT2D eigenvalue weighted by Gasteiger charge is 2.15. The number of benzene rings is 1. The van der Waals surface area contributed by atoms with Crippen LogP contribution in [0.15, 0.2) is 24.3 Å². The first-order valence-corrected chi connectivity index (χ1v) is 6.58. The van der Waals surface area contributed by atoms with E-state index in [0.29, 0.717) is 34.8 Å². The predicted molar refractivity (Wildman–Crippen MR) is 80.2 cm³/mol. The van der Waals surface area contributed by atoms with Crippen molar-refractivity contribution in [3.05, 3.63) is 30.1 Å². The van der Waals surface area contributed by atoms with Gasteiger partial charge in [0.25, 0.3) is 0 Å². The zero-order valence-corrected chi connectivity index (χ0v) is 12.6. The molecule has 1 heterocycles. The highest BCUT2D eigenvalue weighted by Crippen LogP contribution is 2.39. The van der Waals surface area contributed by atoms with Gasteiger partial charge in [-0.3, -0.25) is 0 Å². The molecule has 2 N–H and O–H groups in total. The lowest BCUT2D eigenvalue weighted by atomic mass is 10.2. The van der Waals surface area contributed by atoms with Gasteiger partial charge in [0.05, 0.1) is 14.2 Å². The second-order valence-electron chi connectivity index (χ2n) is 4.74. The van der Waals surface area contributed by atoms with Gasteiger partial charge in [-0.25, -0.2) is 4.98 Å². The lowest BCUT2D eigenvalue weighted by Gasteiger charge is -2.14. The summed E-state index contributed by atoms with van der Waals surface area (Å²) in [6.07, 6.45) is 0. The third-order valence-corrected chi connectivity index (χ3v) is 2.85. The summed E-state index contributed by atoms with van der Waals surface area (Å²) in [6, 6.07) is 6.95. The molecule has 0 saturated carbocycles. The number of nitrogen functional groups attached to an aromatic ring is 1. The fraction of sp³-hybridized carbons (Fsp3) is 0.333. The first-order valence-electron chi connectivity index (χ1n) is 6.58. The minimum atomic E-state index is 0.149. The maximum Gasteiger partial charge on any atom is 0.225 e. The van der Waals surface area contributed by atoms with Gasteiger partial charge in [0, 0.05) is 12.0 Å². The van der Waals surface area contributed by atoms with Gasteiger partial charge in [0.15, 0.2) is 11.5 Å². The van der Waals surface area contributed by atoms with E-state index in [1.54, 1.807) is 32.4 Å². The zero-order chi connectivity index (χ0) is 15.4. The summed E-state index contributed by atoms with van der Waals surface area (Å²) in [7, 11) is 3.13. The van der Waals surface area contributed by atoms with Crippen LogP contribution >= 0.6 is 0 Å². The van der Waals surface area contributed by atoms with Gasteiger partial charge in [0.1, 0.15) is 11.6 Å². The van der Waals surface area contributed by atoms with E-state index in [0.717, 1.165) is 0 Å². The molecule has 6 heteroatoms. The van der Waals surface area contributed by atoms with E-state index in [1.807, 2.05) is 19.9 Å². The van der Waals surface area contributed by atoms with Gasteiger partial charge in [-0.15, -0.1) is 0 Å². The third kappa shape index (κ3) is 3.34. The van der Waals surface area contributed by atoms with Crippen LogP contribution in [0.25, 0.3) is 0 Å². The first-order chi connectivity index (χ1) is 10.0. The Balaban J connectivity index is 2.42. The minimum absolute atomic E-state index is 0.149. The van der Waals surface area contributed by atoms with Gasteiger partial charge in [-0.1, -0.05) is 19.9 Å². The molecule has 2 aromatic rings. The SMILES string of the molecule is COc1cccc(OC)c1Oc1cc(N)nc(C(C)C)n1. The van der Waals surface area contributed by atoms with Crippen LogP contribution in [0.5, 0.6) is 23.1 Å². The average Bonchev–Trinajstić information content (AvgIpc) is 2.46. The Hall–Kier alpha value is -2.50. The number of methoxy groups -OCH3 is 2. The van der Waals surface area contributed by atoms with Gasteiger partial charge in [-0.05, 0) is 12.1 Å². The number of nitrogens with two attached hydrogens (primary N) is 1. The molecule has 0 aliphatic heterocycles. The summed E-state index contributed by atoms with van der Waals surface area (Å²) in [6.45, 7) is 3.98. The summed E-state index contributed by atoms with van der Waals surface area (Å²) in [5, 5.41) is 0. The van der Waals surface area contributed by atoms with Crippen LogP contribution < -0.4 is 19.9 Å². The maximum absolute atomic E-state index is 5.81. The lowest BCUT2D eigenvalue weighted by Crippen LogP contribution is -2.03. The van der Waals surface area contributed by atoms with Crippen molar-refractivity contribution in [2.45, 2.75) is 19.8 Å². The van der Waals surface area contributed by atoms with Crippen LogP contribution in [0.4, 0.5) is 5.82 Å². The number of aromatic nitrogens is 2. The molecule has 0 unspecified atom stereocenters. The van der Waals surface area contributed by atoms with E-state index < -0.39 is 0 Å². The van der Waals surface area contributed by atoms with Crippen molar-refractivity contribution < 1.29 is 14.2 Å². The molecule has 2 rings (SSSR count). The molecule has 0 bridgehead atoms. The molecule has 0 aliphatic rings. The number of hydrogen-bond donors (Lipinski definition) is 1. The van der Waals surface area contributed by atoms with E-state index in [9.17, 15) is 0 Å². The number of hydrogen-bond acceptors (Lipinski definition) is 6. The van der Waals surface area contributed by atoms with Gasteiger partial charge in [-0.2, -0.15) is 4.98 Å². The van der Waals surface area contributed by atoms with E-state index in [4.69, 9.17) is 19.9 Å². The Morgan fingerprint density at radius 2 is 1.67 bits per heavy atom. The number of rotatable bonds is 5. The summed E-state index contributed by atoms with van der Waals surface area (Å²) < 4.78 is 16.4. The maximum atomic E-state index is 5.81. The molecular formula is C15H19N3O3. The van der Waals surface area contributed by atoms with E-state index in [-0.39, 0.29) is 5.92 Å². The Labute approximate surface area is 123 Å². The Morgan fingerprint density at radius 3 is 2.19 bits per heavy atom.